The van der Waals surface area contributed by atoms with Crippen molar-refractivity contribution in [1.29, 1.82) is 0 Å². The van der Waals surface area contributed by atoms with E-state index in [0.717, 1.165) is 30.0 Å². The number of aromatic nitrogens is 1. The van der Waals surface area contributed by atoms with Crippen LogP contribution in [-0.2, 0) is 11.8 Å². The van der Waals surface area contributed by atoms with Gasteiger partial charge in [-0.05, 0) is 30.6 Å². The highest BCUT2D eigenvalue weighted by molar-refractivity contribution is 7.09. The van der Waals surface area contributed by atoms with E-state index in [4.69, 9.17) is 4.98 Å². The normalized spacial score (nSPS) is 30.4. The number of thiazole rings is 1. The van der Waals surface area contributed by atoms with Gasteiger partial charge in [-0.2, -0.15) is 0 Å². The molecule has 0 saturated heterocycles. The van der Waals surface area contributed by atoms with Crippen molar-refractivity contribution < 1.29 is 5.11 Å². The molecule has 2 atom stereocenters. The van der Waals surface area contributed by atoms with E-state index in [1.807, 2.05) is 0 Å². The van der Waals surface area contributed by atoms with Crippen molar-refractivity contribution in [3.8, 4) is 0 Å². The van der Waals surface area contributed by atoms with E-state index in [-0.39, 0.29) is 5.41 Å². The van der Waals surface area contributed by atoms with Crippen molar-refractivity contribution in [2.24, 2.45) is 11.3 Å². The molecule has 1 saturated carbocycles. The Morgan fingerprint density at radius 2 is 2.00 bits per heavy atom. The second-order valence-electron chi connectivity index (χ2n) is 8.43. The fourth-order valence-electron chi connectivity index (χ4n) is 3.18. The van der Waals surface area contributed by atoms with E-state index in [1.54, 1.807) is 11.3 Å². The first-order valence-corrected chi connectivity index (χ1v) is 8.57. The first kappa shape index (κ1) is 16.0. The van der Waals surface area contributed by atoms with Gasteiger partial charge >= 0.3 is 0 Å². The van der Waals surface area contributed by atoms with E-state index < -0.39 is 5.60 Å². The quantitative estimate of drug-likeness (QED) is 0.867. The summed E-state index contributed by atoms with van der Waals surface area (Å²) in [6.07, 6.45) is 3.81. The van der Waals surface area contributed by atoms with Gasteiger partial charge in [-0.25, -0.2) is 4.98 Å². The summed E-state index contributed by atoms with van der Waals surface area (Å²) in [5.41, 5.74) is 1.04. The summed E-state index contributed by atoms with van der Waals surface area (Å²) in [6, 6.07) is 0. The van der Waals surface area contributed by atoms with Crippen molar-refractivity contribution in [2.45, 2.75) is 78.2 Å². The average Bonchev–Trinajstić information content (AvgIpc) is 2.72. The SMILES string of the molecule is CC1CC(C)(C)CCC1(O)Cc1nc(C(C)(C)C)cs1. The Morgan fingerprint density at radius 1 is 1.35 bits per heavy atom. The minimum absolute atomic E-state index is 0.0948. The highest BCUT2D eigenvalue weighted by Crippen LogP contribution is 2.45. The van der Waals surface area contributed by atoms with Gasteiger partial charge in [-0.3, -0.25) is 0 Å². The lowest BCUT2D eigenvalue weighted by molar-refractivity contribution is -0.0704. The molecule has 0 aromatic carbocycles. The summed E-state index contributed by atoms with van der Waals surface area (Å²) in [4.78, 5) is 4.75. The van der Waals surface area contributed by atoms with Crippen LogP contribution in [0.15, 0.2) is 5.38 Å². The van der Waals surface area contributed by atoms with Crippen LogP contribution < -0.4 is 0 Å². The third kappa shape index (κ3) is 3.43. The van der Waals surface area contributed by atoms with Crippen LogP contribution in [0.5, 0.6) is 0 Å². The predicted molar refractivity (Wildman–Crippen MR) is 86.3 cm³/mol. The highest BCUT2D eigenvalue weighted by Gasteiger charge is 2.43. The van der Waals surface area contributed by atoms with Gasteiger partial charge in [0.05, 0.1) is 16.3 Å². The van der Waals surface area contributed by atoms with Gasteiger partial charge in [0.15, 0.2) is 0 Å². The molecule has 0 spiro atoms. The van der Waals surface area contributed by atoms with Crippen LogP contribution in [0.1, 0.15) is 71.5 Å². The van der Waals surface area contributed by atoms with Gasteiger partial charge < -0.3 is 5.11 Å². The molecule has 1 aromatic rings. The molecule has 2 unspecified atom stereocenters. The van der Waals surface area contributed by atoms with E-state index in [2.05, 4.69) is 46.9 Å². The molecule has 1 aromatic heterocycles. The van der Waals surface area contributed by atoms with Gasteiger partial charge in [-0.15, -0.1) is 11.3 Å². The van der Waals surface area contributed by atoms with Crippen LogP contribution in [0.25, 0.3) is 0 Å². The molecule has 3 heteroatoms. The molecule has 1 fully saturated rings. The molecule has 0 radical (unpaired) electrons. The fraction of sp³-hybridized carbons (Fsp3) is 0.824. The van der Waals surface area contributed by atoms with Gasteiger partial charge in [0.1, 0.15) is 0 Å². The lowest BCUT2D eigenvalue weighted by Crippen LogP contribution is -2.45. The van der Waals surface area contributed by atoms with Crippen molar-refractivity contribution in [3.05, 3.63) is 16.1 Å². The number of nitrogens with zero attached hydrogens (tertiary/aromatic N) is 1. The monoisotopic (exact) mass is 295 g/mol. The molecule has 1 heterocycles. The lowest BCUT2D eigenvalue weighted by atomic mass is 9.64. The summed E-state index contributed by atoms with van der Waals surface area (Å²) in [5.74, 6) is 0.341. The van der Waals surface area contributed by atoms with E-state index in [0.29, 0.717) is 17.8 Å². The van der Waals surface area contributed by atoms with Crippen LogP contribution in [0.3, 0.4) is 0 Å². The van der Waals surface area contributed by atoms with Gasteiger partial charge in [0.25, 0.3) is 0 Å². The topological polar surface area (TPSA) is 33.1 Å². The Balaban J connectivity index is 2.11. The summed E-state index contributed by atoms with van der Waals surface area (Å²) >= 11 is 1.70. The summed E-state index contributed by atoms with van der Waals surface area (Å²) in [5, 5.41) is 14.2. The molecule has 0 bridgehead atoms. The second kappa shape index (κ2) is 5.10. The molecule has 0 amide bonds. The molecule has 20 heavy (non-hydrogen) atoms. The number of hydrogen-bond acceptors (Lipinski definition) is 3. The van der Waals surface area contributed by atoms with E-state index in [1.165, 1.54) is 0 Å². The third-order valence-corrected chi connectivity index (χ3v) is 5.64. The standard InChI is InChI=1S/C17H29NOS/c1-12-9-16(5,6)7-8-17(12,19)10-14-18-13(11-20-14)15(2,3)4/h11-12,19H,7-10H2,1-6H3. The predicted octanol–water partition coefficient (Wildman–Crippen LogP) is 4.56. The molecule has 1 aliphatic carbocycles. The minimum atomic E-state index is -0.567. The summed E-state index contributed by atoms with van der Waals surface area (Å²) in [6.45, 7) is 13.4. The maximum Gasteiger partial charge on any atom is 0.0957 e. The molecule has 2 nitrogen and oxygen atoms in total. The third-order valence-electron chi connectivity index (χ3n) is 4.79. The van der Waals surface area contributed by atoms with Gasteiger partial charge in [-0.1, -0.05) is 41.5 Å². The second-order valence-corrected chi connectivity index (χ2v) is 9.37. The average molecular weight is 295 g/mol. The van der Waals surface area contributed by atoms with Crippen molar-refractivity contribution in [3.63, 3.8) is 0 Å². The van der Waals surface area contributed by atoms with Crippen LogP contribution in [0.4, 0.5) is 0 Å². The number of hydrogen-bond donors (Lipinski definition) is 1. The molecular weight excluding hydrogens is 266 g/mol. The van der Waals surface area contributed by atoms with Crippen molar-refractivity contribution in [2.75, 3.05) is 0 Å². The maximum absolute atomic E-state index is 11.0. The Bertz CT molecular complexity index is 472. The molecule has 1 aliphatic rings. The van der Waals surface area contributed by atoms with E-state index >= 15 is 0 Å². The van der Waals surface area contributed by atoms with Crippen LogP contribution in [-0.4, -0.2) is 15.7 Å². The molecule has 0 aliphatic heterocycles. The molecule has 2 rings (SSSR count). The number of rotatable bonds is 2. The Labute approximate surface area is 127 Å². The van der Waals surface area contributed by atoms with Gasteiger partial charge in [0.2, 0.25) is 0 Å². The number of aliphatic hydroxyl groups is 1. The molecule has 1 N–H and O–H groups in total. The van der Waals surface area contributed by atoms with Gasteiger partial charge in [0, 0.05) is 17.2 Å². The first-order chi connectivity index (χ1) is 9.02. The Hall–Kier alpha value is -0.410. The minimum Gasteiger partial charge on any atom is -0.389 e. The summed E-state index contributed by atoms with van der Waals surface area (Å²) in [7, 11) is 0. The largest absolute Gasteiger partial charge is 0.389 e. The fourth-order valence-corrected chi connectivity index (χ4v) is 4.32. The van der Waals surface area contributed by atoms with Crippen molar-refractivity contribution >= 4 is 11.3 Å². The Kier molecular flexibility index (Phi) is 4.07. The maximum atomic E-state index is 11.0. The van der Waals surface area contributed by atoms with Crippen LogP contribution in [0.2, 0.25) is 0 Å². The zero-order valence-corrected chi connectivity index (χ0v) is 14.6. The zero-order chi connectivity index (χ0) is 15.2. The zero-order valence-electron chi connectivity index (χ0n) is 13.8. The molecular formula is C17H29NOS. The first-order valence-electron chi connectivity index (χ1n) is 7.69. The van der Waals surface area contributed by atoms with Crippen molar-refractivity contribution in [1.82, 2.24) is 4.98 Å². The van der Waals surface area contributed by atoms with Crippen LogP contribution in [0, 0.1) is 11.3 Å². The van der Waals surface area contributed by atoms with Crippen LogP contribution >= 0.6 is 11.3 Å². The summed E-state index contributed by atoms with van der Waals surface area (Å²) < 4.78 is 0. The smallest absolute Gasteiger partial charge is 0.0957 e. The van der Waals surface area contributed by atoms with E-state index in [9.17, 15) is 5.11 Å². The highest BCUT2D eigenvalue weighted by atomic mass is 32.1. The lowest BCUT2D eigenvalue weighted by Gasteiger charge is -2.45. The Morgan fingerprint density at radius 3 is 2.50 bits per heavy atom. The molecule has 114 valence electrons.